The van der Waals surface area contributed by atoms with E-state index < -0.39 is 0 Å². The molecule has 1 aliphatic heterocycles. The van der Waals surface area contributed by atoms with Gasteiger partial charge in [0, 0.05) is 11.8 Å². The van der Waals surface area contributed by atoms with Gasteiger partial charge in [-0.25, -0.2) is 4.98 Å². The van der Waals surface area contributed by atoms with Crippen LogP contribution in [0.2, 0.25) is 5.15 Å². The molecule has 5 nitrogen and oxygen atoms in total. The Morgan fingerprint density at radius 2 is 2.05 bits per heavy atom. The maximum absolute atomic E-state index is 6.13. The van der Waals surface area contributed by atoms with Gasteiger partial charge in [0.15, 0.2) is 16.0 Å². The molecule has 1 fully saturated rings. The van der Waals surface area contributed by atoms with Crippen molar-refractivity contribution in [2.24, 2.45) is 5.92 Å². The zero-order valence-corrected chi connectivity index (χ0v) is 12.6. The molecular weight excluding hydrogens is 294 g/mol. The van der Waals surface area contributed by atoms with Crippen molar-refractivity contribution >= 4 is 40.5 Å². The van der Waals surface area contributed by atoms with Crippen LogP contribution in [0.3, 0.4) is 0 Å². The van der Waals surface area contributed by atoms with Gasteiger partial charge in [-0.2, -0.15) is 9.97 Å². The molecule has 2 N–H and O–H groups in total. The zero-order valence-electron chi connectivity index (χ0n) is 11.0. The van der Waals surface area contributed by atoms with E-state index in [0.717, 1.165) is 22.5 Å². The van der Waals surface area contributed by atoms with Crippen molar-refractivity contribution in [3.63, 3.8) is 0 Å². The molecule has 0 aromatic carbocycles. The number of hydrogen-bond acceptors (Lipinski definition) is 5. The zero-order chi connectivity index (χ0) is 13.7. The first-order valence-corrected chi connectivity index (χ1v) is 8.42. The van der Waals surface area contributed by atoms with Crippen molar-refractivity contribution in [1.29, 1.82) is 0 Å². The van der Waals surface area contributed by atoms with Gasteiger partial charge in [0.05, 0.1) is 0 Å². The van der Waals surface area contributed by atoms with Crippen LogP contribution in [0.15, 0.2) is 5.16 Å². The number of anilines is 1. The van der Waals surface area contributed by atoms with Gasteiger partial charge in [-0.15, -0.1) is 0 Å². The van der Waals surface area contributed by atoms with Crippen molar-refractivity contribution in [3.05, 3.63) is 5.15 Å². The number of hydrogen-bond donors (Lipinski definition) is 1. The third kappa shape index (κ3) is 1.97. The SMILES string of the molecule is Nc1nc(Cl)c2nc3n(c2n1)[C@H](CC1CCCC1)CS3. The summed E-state index contributed by atoms with van der Waals surface area (Å²) in [6.07, 6.45) is 6.70. The third-order valence-electron chi connectivity index (χ3n) is 4.33. The smallest absolute Gasteiger partial charge is 0.223 e. The fraction of sp³-hybridized carbons (Fsp3) is 0.615. The van der Waals surface area contributed by atoms with E-state index in [9.17, 15) is 0 Å². The second-order valence-corrected chi connectivity index (χ2v) is 7.01. The molecule has 1 aliphatic carbocycles. The van der Waals surface area contributed by atoms with Gasteiger partial charge in [0.25, 0.3) is 0 Å². The Balaban J connectivity index is 1.75. The summed E-state index contributed by atoms with van der Waals surface area (Å²) in [5.74, 6) is 2.15. The molecule has 20 heavy (non-hydrogen) atoms. The molecule has 4 rings (SSSR count). The largest absolute Gasteiger partial charge is 0.368 e. The first-order chi connectivity index (χ1) is 9.72. The average molecular weight is 310 g/mol. The van der Waals surface area contributed by atoms with E-state index in [4.69, 9.17) is 17.3 Å². The number of nitrogens with zero attached hydrogens (tertiary/aromatic N) is 4. The van der Waals surface area contributed by atoms with Crippen LogP contribution in [0.5, 0.6) is 0 Å². The summed E-state index contributed by atoms with van der Waals surface area (Å²) in [5.41, 5.74) is 7.21. The molecule has 0 bridgehead atoms. The number of fused-ring (bicyclic) bond motifs is 3. The van der Waals surface area contributed by atoms with Crippen LogP contribution in [0.25, 0.3) is 11.2 Å². The first-order valence-electron chi connectivity index (χ1n) is 7.06. The molecule has 2 aromatic heterocycles. The fourth-order valence-electron chi connectivity index (χ4n) is 3.42. The summed E-state index contributed by atoms with van der Waals surface area (Å²) in [4.78, 5) is 12.9. The van der Waals surface area contributed by atoms with Crippen molar-refractivity contribution in [2.75, 3.05) is 11.5 Å². The lowest BCUT2D eigenvalue weighted by atomic mass is 9.99. The lowest BCUT2D eigenvalue weighted by molar-refractivity contribution is 0.395. The van der Waals surface area contributed by atoms with Crippen molar-refractivity contribution in [1.82, 2.24) is 19.5 Å². The Bertz CT molecular complexity index is 664. The van der Waals surface area contributed by atoms with E-state index in [1.165, 1.54) is 32.1 Å². The normalized spacial score (nSPS) is 22.8. The molecule has 0 spiro atoms. The van der Waals surface area contributed by atoms with Crippen LogP contribution in [-0.2, 0) is 0 Å². The van der Waals surface area contributed by atoms with Gasteiger partial charge >= 0.3 is 0 Å². The highest BCUT2D eigenvalue weighted by Gasteiger charge is 2.31. The Hall–Kier alpha value is -1.01. The highest BCUT2D eigenvalue weighted by Crippen LogP contribution is 2.42. The molecule has 1 atom stereocenters. The van der Waals surface area contributed by atoms with E-state index in [-0.39, 0.29) is 5.95 Å². The van der Waals surface area contributed by atoms with Gasteiger partial charge in [-0.1, -0.05) is 49.0 Å². The highest BCUT2D eigenvalue weighted by molar-refractivity contribution is 7.99. The molecule has 106 valence electrons. The summed E-state index contributed by atoms with van der Waals surface area (Å²) in [7, 11) is 0. The lowest BCUT2D eigenvalue weighted by Crippen LogP contribution is -2.12. The van der Waals surface area contributed by atoms with E-state index in [0.29, 0.717) is 16.7 Å². The predicted octanol–water partition coefficient (Wildman–Crippen LogP) is 3.29. The van der Waals surface area contributed by atoms with Crippen LogP contribution in [0.1, 0.15) is 38.1 Å². The maximum Gasteiger partial charge on any atom is 0.223 e. The predicted molar refractivity (Wildman–Crippen MR) is 81.1 cm³/mol. The molecular formula is C13H16ClN5S. The number of nitrogens with two attached hydrogens (primary N) is 1. The van der Waals surface area contributed by atoms with Gasteiger partial charge in [-0.3, -0.25) is 4.57 Å². The van der Waals surface area contributed by atoms with Crippen LogP contribution in [0.4, 0.5) is 5.95 Å². The molecule has 0 amide bonds. The van der Waals surface area contributed by atoms with Crippen LogP contribution >= 0.6 is 23.4 Å². The van der Waals surface area contributed by atoms with E-state index >= 15 is 0 Å². The highest BCUT2D eigenvalue weighted by atomic mass is 35.5. The minimum Gasteiger partial charge on any atom is -0.368 e. The first kappa shape index (κ1) is 12.7. The molecule has 0 unspecified atom stereocenters. The number of nitrogen functional groups attached to an aromatic ring is 1. The summed E-state index contributed by atoms with van der Waals surface area (Å²) in [6, 6.07) is 0.466. The third-order valence-corrected chi connectivity index (χ3v) is 5.69. The summed E-state index contributed by atoms with van der Waals surface area (Å²) >= 11 is 7.91. The minimum atomic E-state index is 0.224. The van der Waals surface area contributed by atoms with E-state index in [1.54, 1.807) is 11.8 Å². The van der Waals surface area contributed by atoms with Crippen LogP contribution < -0.4 is 5.73 Å². The maximum atomic E-state index is 6.13. The summed E-state index contributed by atoms with van der Waals surface area (Å²) in [5, 5.41) is 1.36. The molecule has 0 radical (unpaired) electrons. The van der Waals surface area contributed by atoms with Gasteiger partial charge < -0.3 is 5.73 Å². The Morgan fingerprint density at radius 3 is 2.85 bits per heavy atom. The van der Waals surface area contributed by atoms with Gasteiger partial charge in [-0.05, 0) is 12.3 Å². The van der Waals surface area contributed by atoms with Crippen molar-refractivity contribution in [3.8, 4) is 0 Å². The molecule has 3 heterocycles. The van der Waals surface area contributed by atoms with E-state index in [2.05, 4.69) is 19.5 Å². The van der Waals surface area contributed by atoms with Crippen LogP contribution in [-0.4, -0.2) is 25.3 Å². The Kier molecular flexibility index (Phi) is 3.03. The second kappa shape index (κ2) is 4.77. The van der Waals surface area contributed by atoms with Crippen LogP contribution in [0, 0.1) is 5.92 Å². The molecule has 2 aromatic rings. The Morgan fingerprint density at radius 1 is 1.25 bits per heavy atom. The number of rotatable bonds is 2. The molecule has 2 aliphatic rings. The monoisotopic (exact) mass is 309 g/mol. The molecule has 0 saturated heterocycles. The number of thioether (sulfide) groups is 1. The summed E-state index contributed by atoms with van der Waals surface area (Å²) in [6.45, 7) is 0. The molecule has 7 heteroatoms. The lowest BCUT2D eigenvalue weighted by Gasteiger charge is -2.17. The fourth-order valence-corrected chi connectivity index (χ4v) is 4.79. The number of halogens is 1. The Labute approximate surface area is 126 Å². The number of imidazole rings is 1. The van der Waals surface area contributed by atoms with E-state index in [1.807, 2.05) is 0 Å². The van der Waals surface area contributed by atoms with Crippen molar-refractivity contribution < 1.29 is 0 Å². The molecule has 1 saturated carbocycles. The quantitative estimate of drug-likeness (QED) is 0.862. The van der Waals surface area contributed by atoms with Gasteiger partial charge in [0.2, 0.25) is 5.95 Å². The average Bonchev–Trinajstić information content (AvgIpc) is 3.08. The topological polar surface area (TPSA) is 69.6 Å². The van der Waals surface area contributed by atoms with Gasteiger partial charge in [0.1, 0.15) is 5.52 Å². The minimum absolute atomic E-state index is 0.224. The second-order valence-electron chi connectivity index (χ2n) is 5.66. The summed E-state index contributed by atoms with van der Waals surface area (Å²) < 4.78 is 2.22. The number of aromatic nitrogens is 4. The van der Waals surface area contributed by atoms with Crippen molar-refractivity contribution in [2.45, 2.75) is 43.3 Å². The standard InChI is InChI=1S/C13H16ClN5S/c14-10-9-11(18-12(15)17-10)19-8(6-20-13(19)16-9)5-7-3-1-2-4-7/h7-8H,1-6H2,(H2,15,17,18)/t8-/m1/s1.